The fourth-order valence-electron chi connectivity index (χ4n) is 2.26. The van der Waals surface area contributed by atoms with Crippen LogP contribution in [-0.2, 0) is 4.79 Å². The van der Waals surface area contributed by atoms with Gasteiger partial charge in [0, 0.05) is 5.69 Å². The highest BCUT2D eigenvalue weighted by Crippen LogP contribution is 2.33. The number of nitrogens with zero attached hydrogens (tertiary/aromatic N) is 2. The van der Waals surface area contributed by atoms with Gasteiger partial charge in [-0.15, -0.1) is 10.2 Å². The van der Waals surface area contributed by atoms with Crippen molar-refractivity contribution in [3.63, 3.8) is 0 Å². The van der Waals surface area contributed by atoms with Crippen molar-refractivity contribution in [2.24, 2.45) is 0 Å². The van der Waals surface area contributed by atoms with Crippen LogP contribution < -0.4 is 15.4 Å². The van der Waals surface area contributed by atoms with Crippen molar-refractivity contribution in [2.75, 3.05) is 17.7 Å². The number of nitrogens with one attached hydrogen (secondary N) is 2. The highest BCUT2D eigenvalue weighted by Gasteiger charge is 2.17. The van der Waals surface area contributed by atoms with Crippen LogP contribution in [0, 0.1) is 6.92 Å². The molecule has 27 heavy (non-hydrogen) atoms. The Balaban J connectivity index is 1.59. The number of carbonyl (C=O) groups excluding carboxylic acids is 1. The second kappa shape index (κ2) is 8.88. The van der Waals surface area contributed by atoms with E-state index in [4.69, 9.17) is 4.74 Å². The van der Waals surface area contributed by atoms with E-state index < -0.39 is 0 Å². The van der Waals surface area contributed by atoms with Crippen molar-refractivity contribution in [3.8, 4) is 5.75 Å². The van der Waals surface area contributed by atoms with E-state index in [1.807, 2.05) is 62.4 Å². The van der Waals surface area contributed by atoms with E-state index in [-0.39, 0.29) is 11.2 Å². The lowest BCUT2D eigenvalue weighted by atomic mass is 10.2. The quantitative estimate of drug-likeness (QED) is 0.559. The number of rotatable bonds is 7. The molecule has 0 aliphatic heterocycles. The van der Waals surface area contributed by atoms with E-state index in [0.29, 0.717) is 5.13 Å². The summed E-state index contributed by atoms with van der Waals surface area (Å²) in [6.07, 6.45) is 0. The van der Waals surface area contributed by atoms with E-state index in [0.717, 1.165) is 27.0 Å². The number of amides is 1. The molecular formula is C19H20N4O2S2. The Morgan fingerprint density at radius 2 is 1.89 bits per heavy atom. The van der Waals surface area contributed by atoms with Crippen LogP contribution in [0.25, 0.3) is 0 Å². The van der Waals surface area contributed by atoms with Crippen molar-refractivity contribution in [2.45, 2.75) is 23.4 Å². The molecule has 0 saturated heterocycles. The average molecular weight is 401 g/mol. The van der Waals surface area contributed by atoms with E-state index >= 15 is 0 Å². The summed E-state index contributed by atoms with van der Waals surface area (Å²) in [6, 6.07) is 15.3. The van der Waals surface area contributed by atoms with Crippen molar-refractivity contribution in [3.05, 3.63) is 54.1 Å². The largest absolute Gasteiger partial charge is 0.495 e. The van der Waals surface area contributed by atoms with Crippen molar-refractivity contribution < 1.29 is 9.53 Å². The molecule has 1 heterocycles. The van der Waals surface area contributed by atoms with Gasteiger partial charge in [0.05, 0.1) is 18.0 Å². The Morgan fingerprint density at radius 3 is 2.63 bits per heavy atom. The Morgan fingerprint density at radius 1 is 1.15 bits per heavy atom. The van der Waals surface area contributed by atoms with Gasteiger partial charge < -0.3 is 15.4 Å². The van der Waals surface area contributed by atoms with E-state index in [2.05, 4.69) is 20.8 Å². The van der Waals surface area contributed by atoms with Crippen molar-refractivity contribution in [1.29, 1.82) is 0 Å². The molecule has 2 N–H and O–H groups in total. The van der Waals surface area contributed by atoms with Crippen LogP contribution in [0.3, 0.4) is 0 Å². The summed E-state index contributed by atoms with van der Waals surface area (Å²) < 4.78 is 6.04. The molecule has 3 rings (SSSR count). The Labute approximate surface area is 166 Å². The topological polar surface area (TPSA) is 76.1 Å². The highest BCUT2D eigenvalue weighted by molar-refractivity contribution is 8.02. The number of para-hydroxylation sites is 2. The predicted molar refractivity (Wildman–Crippen MR) is 111 cm³/mol. The zero-order valence-electron chi connectivity index (χ0n) is 15.2. The lowest BCUT2D eigenvalue weighted by Gasteiger charge is -2.10. The van der Waals surface area contributed by atoms with Gasteiger partial charge in [-0.05, 0) is 38.1 Å². The molecule has 1 atom stereocenters. The molecule has 6 nitrogen and oxygen atoms in total. The lowest BCUT2D eigenvalue weighted by Crippen LogP contribution is -2.22. The van der Waals surface area contributed by atoms with Crippen LogP contribution in [0.1, 0.15) is 12.5 Å². The minimum Gasteiger partial charge on any atom is -0.495 e. The molecule has 0 aliphatic carbocycles. The second-order valence-electron chi connectivity index (χ2n) is 5.81. The Hall–Kier alpha value is -2.58. The molecule has 1 amide bonds. The maximum absolute atomic E-state index is 12.4. The minimum absolute atomic E-state index is 0.0710. The van der Waals surface area contributed by atoms with Gasteiger partial charge in [-0.2, -0.15) is 0 Å². The highest BCUT2D eigenvalue weighted by atomic mass is 32.2. The molecule has 0 spiro atoms. The van der Waals surface area contributed by atoms with Crippen LogP contribution in [0.5, 0.6) is 5.75 Å². The summed E-state index contributed by atoms with van der Waals surface area (Å²) in [5, 5.41) is 14.8. The standard InChI is InChI=1S/C19H20N4O2S2/c1-12-8-10-14(11-9-12)20-17(24)13(2)26-19-23-22-18(27-19)21-15-6-4-5-7-16(15)25-3/h4-11,13H,1-3H3,(H,20,24)(H,21,22)/t13-/m1/s1. The molecule has 3 aromatic rings. The number of hydrogen-bond donors (Lipinski definition) is 2. The zero-order chi connectivity index (χ0) is 19.2. The van der Waals surface area contributed by atoms with Gasteiger partial charge >= 0.3 is 0 Å². The van der Waals surface area contributed by atoms with Gasteiger partial charge in [-0.1, -0.05) is 52.9 Å². The predicted octanol–water partition coefficient (Wildman–Crippen LogP) is 4.72. The van der Waals surface area contributed by atoms with Gasteiger partial charge in [0.15, 0.2) is 4.34 Å². The number of methoxy groups -OCH3 is 1. The van der Waals surface area contributed by atoms with Crippen LogP contribution in [-0.4, -0.2) is 28.5 Å². The van der Waals surface area contributed by atoms with Gasteiger partial charge in [0.25, 0.3) is 0 Å². The third-order valence-electron chi connectivity index (χ3n) is 3.72. The number of ether oxygens (including phenoxy) is 1. The second-order valence-corrected chi connectivity index (χ2v) is 8.38. The number of thioether (sulfide) groups is 1. The molecule has 8 heteroatoms. The molecule has 0 fully saturated rings. The van der Waals surface area contributed by atoms with Gasteiger partial charge in [0.1, 0.15) is 5.75 Å². The molecule has 0 aliphatic rings. The third kappa shape index (κ3) is 5.21. The average Bonchev–Trinajstić information content (AvgIpc) is 3.10. The number of anilines is 3. The van der Waals surface area contributed by atoms with Crippen molar-refractivity contribution >= 4 is 45.5 Å². The minimum atomic E-state index is -0.293. The number of hydrogen-bond acceptors (Lipinski definition) is 7. The summed E-state index contributed by atoms with van der Waals surface area (Å²) >= 11 is 2.77. The first kappa shape index (κ1) is 19.2. The van der Waals surface area contributed by atoms with Crippen molar-refractivity contribution in [1.82, 2.24) is 10.2 Å². The Bertz CT molecular complexity index is 912. The molecule has 1 aromatic heterocycles. The maximum atomic E-state index is 12.4. The molecule has 0 radical (unpaired) electrons. The summed E-state index contributed by atoms with van der Waals surface area (Å²) in [5.74, 6) is 0.658. The molecule has 0 saturated carbocycles. The van der Waals surface area contributed by atoms with Crippen LogP contribution in [0.15, 0.2) is 52.9 Å². The smallest absolute Gasteiger partial charge is 0.237 e. The fraction of sp³-hybridized carbons (Fsp3) is 0.211. The molecule has 140 valence electrons. The first-order valence-corrected chi connectivity index (χ1v) is 10.0. The first-order chi connectivity index (χ1) is 13.0. The first-order valence-electron chi connectivity index (χ1n) is 8.33. The van der Waals surface area contributed by atoms with Gasteiger partial charge in [-0.3, -0.25) is 4.79 Å². The zero-order valence-corrected chi connectivity index (χ0v) is 16.9. The summed E-state index contributed by atoms with van der Waals surface area (Å²) in [4.78, 5) is 12.4. The van der Waals surface area contributed by atoms with E-state index in [9.17, 15) is 4.79 Å². The Kier molecular flexibility index (Phi) is 6.31. The number of aromatic nitrogens is 2. The molecular weight excluding hydrogens is 380 g/mol. The summed E-state index contributed by atoms with van der Waals surface area (Å²) in [6.45, 7) is 3.86. The van der Waals surface area contributed by atoms with E-state index in [1.165, 1.54) is 23.1 Å². The summed E-state index contributed by atoms with van der Waals surface area (Å²) in [7, 11) is 1.62. The normalized spacial score (nSPS) is 11.7. The van der Waals surface area contributed by atoms with Gasteiger partial charge in [-0.25, -0.2) is 0 Å². The third-order valence-corrected chi connectivity index (χ3v) is 5.74. The van der Waals surface area contributed by atoms with Gasteiger partial charge in [0.2, 0.25) is 11.0 Å². The monoisotopic (exact) mass is 400 g/mol. The lowest BCUT2D eigenvalue weighted by molar-refractivity contribution is -0.115. The van der Waals surface area contributed by atoms with Crippen LogP contribution >= 0.6 is 23.1 Å². The van der Waals surface area contributed by atoms with Crippen LogP contribution in [0.4, 0.5) is 16.5 Å². The number of carbonyl (C=O) groups is 1. The fourth-order valence-corrected chi connectivity index (χ4v) is 4.16. The van der Waals surface area contributed by atoms with Crippen LogP contribution in [0.2, 0.25) is 0 Å². The number of benzene rings is 2. The molecule has 0 unspecified atom stereocenters. The van der Waals surface area contributed by atoms with E-state index in [1.54, 1.807) is 7.11 Å². The maximum Gasteiger partial charge on any atom is 0.237 e. The number of aryl methyl sites for hydroxylation is 1. The SMILES string of the molecule is COc1ccccc1Nc1nnc(S[C@H](C)C(=O)Nc2ccc(C)cc2)s1. The molecule has 2 aromatic carbocycles. The molecule has 0 bridgehead atoms. The summed E-state index contributed by atoms with van der Waals surface area (Å²) in [5.41, 5.74) is 2.76.